The van der Waals surface area contributed by atoms with Gasteiger partial charge in [0.2, 0.25) is 0 Å². The molecule has 4 nitrogen and oxygen atoms in total. The Labute approximate surface area is 101 Å². The summed E-state index contributed by atoms with van der Waals surface area (Å²) >= 11 is 0. The predicted molar refractivity (Wildman–Crippen MR) is 67.2 cm³/mol. The number of rotatable bonds is 2. The maximum absolute atomic E-state index is 11.9. The van der Waals surface area contributed by atoms with Crippen molar-refractivity contribution in [3.63, 3.8) is 0 Å². The molecule has 1 fully saturated rings. The summed E-state index contributed by atoms with van der Waals surface area (Å²) in [6.45, 7) is 5.08. The maximum Gasteiger partial charge on any atom is 0.414 e. The summed E-state index contributed by atoms with van der Waals surface area (Å²) < 4.78 is 5.27. The number of anilines is 1. The number of carbonyl (C=O) groups excluding carboxylic acids is 1. The van der Waals surface area contributed by atoms with E-state index >= 15 is 0 Å². The molecule has 0 aromatic heterocycles. The van der Waals surface area contributed by atoms with Crippen molar-refractivity contribution >= 4 is 11.8 Å². The van der Waals surface area contributed by atoms with Crippen molar-refractivity contribution < 1.29 is 9.53 Å². The van der Waals surface area contributed by atoms with Crippen molar-refractivity contribution in [2.24, 2.45) is 5.73 Å². The highest BCUT2D eigenvalue weighted by atomic mass is 16.6. The molecule has 1 heterocycles. The molecule has 1 amide bonds. The van der Waals surface area contributed by atoms with Crippen LogP contribution in [0.1, 0.15) is 17.5 Å². The second-order valence-corrected chi connectivity index (χ2v) is 4.42. The molecule has 1 aliphatic rings. The van der Waals surface area contributed by atoms with Crippen LogP contribution >= 0.6 is 0 Å². The maximum atomic E-state index is 11.9. The molecule has 0 spiro atoms. The zero-order valence-electron chi connectivity index (χ0n) is 10.3. The molecule has 0 radical (unpaired) electrons. The third kappa shape index (κ3) is 2.26. The summed E-state index contributed by atoms with van der Waals surface area (Å²) in [6.07, 6.45) is 0.364. The van der Waals surface area contributed by atoms with Gasteiger partial charge in [0.25, 0.3) is 0 Å². The Morgan fingerprint density at radius 3 is 2.59 bits per heavy atom. The van der Waals surface area contributed by atoms with Gasteiger partial charge in [-0.15, -0.1) is 0 Å². The van der Waals surface area contributed by atoms with Crippen LogP contribution in [0.2, 0.25) is 0 Å². The van der Waals surface area contributed by atoms with E-state index in [4.69, 9.17) is 10.5 Å². The van der Waals surface area contributed by atoms with Crippen LogP contribution in [0.15, 0.2) is 18.2 Å². The van der Waals surface area contributed by atoms with E-state index in [1.807, 2.05) is 32.0 Å². The number of amides is 1. The number of aryl methyl sites for hydroxylation is 2. The quantitative estimate of drug-likeness (QED) is 0.851. The second-order valence-electron chi connectivity index (χ2n) is 4.42. The molecule has 4 heteroatoms. The zero-order chi connectivity index (χ0) is 12.4. The van der Waals surface area contributed by atoms with Crippen molar-refractivity contribution in [1.29, 1.82) is 0 Å². The Kier molecular flexibility index (Phi) is 3.33. The number of hydrogen-bond donors (Lipinski definition) is 1. The Morgan fingerprint density at radius 1 is 1.41 bits per heavy atom. The number of cyclic esters (lactones) is 1. The van der Waals surface area contributed by atoms with Crippen molar-refractivity contribution in [2.45, 2.75) is 26.4 Å². The van der Waals surface area contributed by atoms with Crippen LogP contribution in [0, 0.1) is 13.8 Å². The normalized spacial score (nSPS) is 20.3. The predicted octanol–water partition coefficient (Wildman–Crippen LogP) is 1.98. The highest BCUT2D eigenvalue weighted by molar-refractivity contribution is 5.90. The van der Waals surface area contributed by atoms with Crippen LogP contribution in [0.3, 0.4) is 0 Å². The number of benzene rings is 1. The molecule has 2 N–H and O–H groups in total. The van der Waals surface area contributed by atoms with Gasteiger partial charge < -0.3 is 10.5 Å². The van der Waals surface area contributed by atoms with E-state index in [0.717, 1.165) is 23.2 Å². The fourth-order valence-corrected chi connectivity index (χ4v) is 2.23. The average Bonchev–Trinajstić information content (AvgIpc) is 2.30. The van der Waals surface area contributed by atoms with Gasteiger partial charge in [0.15, 0.2) is 0 Å². The Bertz CT molecular complexity index is 411. The van der Waals surface area contributed by atoms with Gasteiger partial charge in [0.1, 0.15) is 6.10 Å². The topological polar surface area (TPSA) is 55.6 Å². The molecular formula is C13H18N2O2. The minimum atomic E-state index is -0.288. The summed E-state index contributed by atoms with van der Waals surface area (Å²) in [7, 11) is 0. The van der Waals surface area contributed by atoms with E-state index in [-0.39, 0.29) is 12.2 Å². The number of hydrogen-bond acceptors (Lipinski definition) is 3. The number of para-hydroxylation sites is 1. The third-order valence-corrected chi connectivity index (χ3v) is 3.13. The van der Waals surface area contributed by atoms with E-state index in [1.54, 1.807) is 4.90 Å². The Balaban J connectivity index is 2.26. The summed E-state index contributed by atoms with van der Waals surface area (Å²) in [4.78, 5) is 13.6. The molecule has 1 unspecified atom stereocenters. The van der Waals surface area contributed by atoms with Gasteiger partial charge in [0, 0.05) is 19.5 Å². The molecule has 0 bridgehead atoms. The van der Waals surface area contributed by atoms with Crippen molar-refractivity contribution in [2.75, 3.05) is 18.0 Å². The van der Waals surface area contributed by atoms with Gasteiger partial charge in [-0.1, -0.05) is 18.2 Å². The summed E-state index contributed by atoms with van der Waals surface area (Å²) in [6, 6.07) is 6.00. The molecule has 17 heavy (non-hydrogen) atoms. The lowest BCUT2D eigenvalue weighted by Gasteiger charge is -2.32. The van der Waals surface area contributed by atoms with Gasteiger partial charge in [0.05, 0.1) is 5.69 Å². The Hall–Kier alpha value is -1.55. The number of carbonyl (C=O) groups is 1. The molecule has 1 saturated heterocycles. The minimum Gasteiger partial charge on any atom is -0.444 e. The third-order valence-electron chi connectivity index (χ3n) is 3.13. The first-order chi connectivity index (χ1) is 8.13. The first-order valence-electron chi connectivity index (χ1n) is 5.88. The highest BCUT2D eigenvalue weighted by Gasteiger charge is 2.28. The molecule has 1 aliphatic heterocycles. The molecule has 1 atom stereocenters. The molecular weight excluding hydrogens is 216 g/mol. The summed E-state index contributed by atoms with van der Waals surface area (Å²) in [5, 5.41) is 0. The monoisotopic (exact) mass is 234 g/mol. The lowest BCUT2D eigenvalue weighted by molar-refractivity contribution is 0.0887. The van der Waals surface area contributed by atoms with Gasteiger partial charge in [-0.3, -0.25) is 4.90 Å². The first-order valence-corrected chi connectivity index (χ1v) is 5.88. The highest BCUT2D eigenvalue weighted by Crippen LogP contribution is 2.27. The van der Waals surface area contributed by atoms with Crippen molar-refractivity contribution in [3.8, 4) is 0 Å². The standard InChI is InChI=1S/C13H18N2O2/c1-9-4-3-5-10(2)12(9)15-7-6-11(8-14)17-13(15)16/h3-5,11H,6-8,14H2,1-2H3. The summed E-state index contributed by atoms with van der Waals surface area (Å²) in [5.74, 6) is 0. The fourth-order valence-electron chi connectivity index (χ4n) is 2.23. The van der Waals surface area contributed by atoms with Gasteiger partial charge >= 0.3 is 6.09 Å². The smallest absolute Gasteiger partial charge is 0.414 e. The first kappa shape index (κ1) is 11.9. The Morgan fingerprint density at radius 2 is 2.06 bits per heavy atom. The SMILES string of the molecule is Cc1cccc(C)c1N1CCC(CN)OC1=O. The van der Waals surface area contributed by atoms with E-state index < -0.39 is 0 Å². The van der Waals surface area contributed by atoms with Crippen LogP contribution in [0.5, 0.6) is 0 Å². The van der Waals surface area contributed by atoms with E-state index in [2.05, 4.69) is 0 Å². The molecule has 0 saturated carbocycles. The van der Waals surface area contributed by atoms with Crippen molar-refractivity contribution in [1.82, 2.24) is 0 Å². The summed E-state index contributed by atoms with van der Waals surface area (Å²) in [5.41, 5.74) is 8.66. The molecule has 0 aliphatic carbocycles. The van der Waals surface area contributed by atoms with Crippen LogP contribution < -0.4 is 10.6 Å². The van der Waals surface area contributed by atoms with Crippen LogP contribution in [-0.4, -0.2) is 25.3 Å². The second kappa shape index (κ2) is 4.75. The largest absolute Gasteiger partial charge is 0.444 e. The minimum absolute atomic E-state index is 0.136. The molecule has 2 rings (SSSR count). The number of nitrogens with zero attached hydrogens (tertiary/aromatic N) is 1. The molecule has 92 valence electrons. The lowest BCUT2D eigenvalue weighted by Crippen LogP contribution is -2.45. The van der Waals surface area contributed by atoms with Gasteiger partial charge in [-0.2, -0.15) is 0 Å². The average molecular weight is 234 g/mol. The van der Waals surface area contributed by atoms with Crippen LogP contribution in [0.25, 0.3) is 0 Å². The zero-order valence-corrected chi connectivity index (χ0v) is 10.3. The lowest BCUT2D eigenvalue weighted by atomic mass is 10.1. The van der Waals surface area contributed by atoms with E-state index in [9.17, 15) is 4.79 Å². The molecule has 1 aromatic rings. The fraction of sp³-hybridized carbons (Fsp3) is 0.462. The van der Waals surface area contributed by atoms with Crippen LogP contribution in [-0.2, 0) is 4.74 Å². The van der Waals surface area contributed by atoms with Crippen LogP contribution in [0.4, 0.5) is 10.5 Å². The van der Waals surface area contributed by atoms with Gasteiger partial charge in [-0.05, 0) is 25.0 Å². The number of nitrogens with two attached hydrogens (primary N) is 1. The molecule has 1 aromatic carbocycles. The number of ether oxygens (including phenoxy) is 1. The van der Waals surface area contributed by atoms with Crippen molar-refractivity contribution in [3.05, 3.63) is 29.3 Å². The van der Waals surface area contributed by atoms with E-state index in [0.29, 0.717) is 13.1 Å². The van der Waals surface area contributed by atoms with Gasteiger partial charge in [-0.25, -0.2) is 4.79 Å². The van der Waals surface area contributed by atoms with E-state index in [1.165, 1.54) is 0 Å².